The van der Waals surface area contributed by atoms with E-state index >= 15 is 0 Å². The molecule has 208 valence electrons. The van der Waals surface area contributed by atoms with E-state index in [2.05, 4.69) is 5.32 Å². The van der Waals surface area contributed by atoms with Crippen LogP contribution in [0.25, 0.3) is 0 Å². The van der Waals surface area contributed by atoms with Gasteiger partial charge in [0, 0.05) is 13.1 Å². The third kappa shape index (κ3) is 7.66. The zero-order valence-electron chi connectivity index (χ0n) is 21.6. The van der Waals surface area contributed by atoms with Crippen molar-refractivity contribution in [1.29, 1.82) is 0 Å². The number of nitrogens with one attached hydrogen (secondary N) is 1. The molecule has 0 aliphatic rings. The molecule has 1 atom stereocenters. The van der Waals surface area contributed by atoms with Crippen LogP contribution in [0.3, 0.4) is 0 Å². The lowest BCUT2D eigenvalue weighted by molar-refractivity contribution is -0.140. The summed E-state index contributed by atoms with van der Waals surface area (Å²) >= 11 is 18.7. The van der Waals surface area contributed by atoms with E-state index in [0.29, 0.717) is 28.6 Å². The summed E-state index contributed by atoms with van der Waals surface area (Å²) in [7, 11) is -4.19. The zero-order chi connectivity index (χ0) is 28.6. The number of para-hydroxylation sites is 1. The van der Waals surface area contributed by atoms with Gasteiger partial charge in [0.05, 0.1) is 25.7 Å². The first-order valence-corrected chi connectivity index (χ1v) is 15.0. The molecule has 3 aromatic rings. The molecule has 0 spiro atoms. The van der Waals surface area contributed by atoms with Gasteiger partial charge < -0.3 is 10.2 Å². The predicted molar refractivity (Wildman–Crippen MR) is 157 cm³/mol. The average molecular weight is 611 g/mol. The minimum atomic E-state index is -4.19. The third-order valence-electron chi connectivity index (χ3n) is 6.00. The molecule has 2 amide bonds. The van der Waals surface area contributed by atoms with Gasteiger partial charge >= 0.3 is 0 Å². The first-order valence-electron chi connectivity index (χ1n) is 12.4. The van der Waals surface area contributed by atoms with E-state index in [1.54, 1.807) is 61.5 Å². The monoisotopic (exact) mass is 609 g/mol. The first-order chi connectivity index (χ1) is 18.6. The Morgan fingerprint density at radius 3 is 2.15 bits per heavy atom. The molecule has 0 aliphatic carbocycles. The van der Waals surface area contributed by atoms with Crippen LogP contribution in [0, 0.1) is 0 Å². The molecule has 0 fully saturated rings. The molecule has 39 heavy (non-hydrogen) atoms. The van der Waals surface area contributed by atoms with Gasteiger partial charge in [-0.1, -0.05) is 85.0 Å². The maximum Gasteiger partial charge on any atom is 0.264 e. The smallest absolute Gasteiger partial charge is 0.264 e. The Hall–Kier alpha value is -2.78. The molecule has 0 aromatic heterocycles. The van der Waals surface area contributed by atoms with E-state index in [0.717, 1.165) is 10.7 Å². The lowest BCUT2D eigenvalue weighted by atomic mass is 10.1. The summed E-state index contributed by atoms with van der Waals surface area (Å²) in [6.07, 6.45) is 1.03. The maximum atomic E-state index is 14.0. The normalized spacial score (nSPS) is 12.0. The van der Waals surface area contributed by atoms with Crippen LogP contribution in [-0.2, 0) is 26.2 Å². The van der Waals surface area contributed by atoms with Gasteiger partial charge in [-0.15, -0.1) is 0 Å². The van der Waals surface area contributed by atoms with Crippen LogP contribution in [0.15, 0.2) is 77.7 Å². The maximum absolute atomic E-state index is 14.0. The lowest BCUT2D eigenvalue weighted by Crippen LogP contribution is -2.52. The van der Waals surface area contributed by atoms with Crippen molar-refractivity contribution < 1.29 is 18.0 Å². The molecule has 7 nitrogen and oxygen atoms in total. The summed E-state index contributed by atoms with van der Waals surface area (Å²) in [5, 5.41) is 3.66. The van der Waals surface area contributed by atoms with Gasteiger partial charge in [0.1, 0.15) is 12.6 Å². The number of rotatable bonds is 12. The quantitative estimate of drug-likeness (QED) is 0.266. The fourth-order valence-electron chi connectivity index (χ4n) is 4.01. The number of carbonyl (C=O) groups is 2. The van der Waals surface area contributed by atoms with Crippen LogP contribution < -0.4 is 9.62 Å². The van der Waals surface area contributed by atoms with Gasteiger partial charge in [-0.2, -0.15) is 0 Å². The number of hydrogen-bond acceptors (Lipinski definition) is 4. The minimum Gasteiger partial charge on any atom is -0.354 e. The van der Waals surface area contributed by atoms with E-state index in [1.165, 1.54) is 23.1 Å². The number of amides is 2. The van der Waals surface area contributed by atoms with E-state index in [-0.39, 0.29) is 28.1 Å². The number of halogens is 3. The van der Waals surface area contributed by atoms with E-state index in [1.807, 2.05) is 6.92 Å². The Labute approximate surface area is 244 Å². The molecule has 1 unspecified atom stereocenters. The fraction of sp³-hybridized carbons (Fsp3) is 0.286. The van der Waals surface area contributed by atoms with Crippen molar-refractivity contribution in [3.8, 4) is 0 Å². The van der Waals surface area contributed by atoms with E-state index in [4.69, 9.17) is 34.8 Å². The number of hydrogen-bond donors (Lipinski definition) is 1. The van der Waals surface area contributed by atoms with Crippen molar-refractivity contribution in [3.63, 3.8) is 0 Å². The molecule has 0 radical (unpaired) electrons. The highest BCUT2D eigenvalue weighted by molar-refractivity contribution is 7.92. The summed E-state index contributed by atoms with van der Waals surface area (Å²) in [5.41, 5.74) is 0.782. The van der Waals surface area contributed by atoms with Gasteiger partial charge in [-0.25, -0.2) is 8.42 Å². The summed E-state index contributed by atoms with van der Waals surface area (Å²) in [6, 6.07) is 18.3. The highest BCUT2D eigenvalue weighted by atomic mass is 35.5. The highest BCUT2D eigenvalue weighted by Crippen LogP contribution is 2.31. The molecule has 3 rings (SSSR count). The third-order valence-corrected chi connectivity index (χ3v) is 8.84. The van der Waals surface area contributed by atoms with Crippen molar-refractivity contribution in [2.24, 2.45) is 0 Å². The average Bonchev–Trinajstić information content (AvgIpc) is 2.93. The van der Waals surface area contributed by atoms with Gasteiger partial charge in [0.2, 0.25) is 11.8 Å². The van der Waals surface area contributed by atoms with Crippen molar-refractivity contribution in [2.45, 2.75) is 44.2 Å². The molecule has 0 saturated heterocycles. The van der Waals surface area contributed by atoms with Gasteiger partial charge in [0.15, 0.2) is 0 Å². The zero-order valence-corrected chi connectivity index (χ0v) is 24.7. The van der Waals surface area contributed by atoms with Crippen molar-refractivity contribution >= 4 is 62.3 Å². The van der Waals surface area contributed by atoms with Crippen molar-refractivity contribution in [1.82, 2.24) is 10.2 Å². The largest absolute Gasteiger partial charge is 0.354 e. The predicted octanol–water partition coefficient (Wildman–Crippen LogP) is 6.18. The Morgan fingerprint density at radius 2 is 1.54 bits per heavy atom. The topological polar surface area (TPSA) is 86.8 Å². The first kappa shape index (κ1) is 30.8. The molecule has 0 bridgehead atoms. The van der Waals surface area contributed by atoms with Gasteiger partial charge in [-0.05, 0) is 54.8 Å². The van der Waals surface area contributed by atoms with Crippen LogP contribution >= 0.6 is 34.8 Å². The van der Waals surface area contributed by atoms with Crippen LogP contribution in [-0.4, -0.2) is 44.3 Å². The Kier molecular flexibility index (Phi) is 11.1. The number of carbonyl (C=O) groups excluding carboxylic acids is 2. The second kappa shape index (κ2) is 14.0. The molecule has 0 heterocycles. The molecular formula is C28H30Cl3N3O4S. The molecule has 3 aromatic carbocycles. The number of anilines is 1. The van der Waals surface area contributed by atoms with Crippen LogP contribution in [0.4, 0.5) is 5.69 Å². The standard InChI is InChI=1S/C28H30Cl3N3O4S/c1-3-16-32-28(36)25(4-2)33(18-20-14-15-22(29)24(31)17-20)27(35)19-34(26-13-9-8-12-23(26)30)39(37,38)21-10-6-5-7-11-21/h5-15,17,25H,3-4,16,18-19H2,1-2H3,(H,32,36). The summed E-state index contributed by atoms with van der Waals surface area (Å²) in [4.78, 5) is 28.5. The Balaban J connectivity index is 2.06. The van der Waals surface area contributed by atoms with E-state index in [9.17, 15) is 18.0 Å². The number of nitrogens with zero attached hydrogens (tertiary/aromatic N) is 2. The Bertz CT molecular complexity index is 1400. The van der Waals surface area contributed by atoms with Crippen LogP contribution in [0.5, 0.6) is 0 Å². The highest BCUT2D eigenvalue weighted by Gasteiger charge is 2.34. The van der Waals surface area contributed by atoms with Crippen molar-refractivity contribution in [2.75, 3.05) is 17.4 Å². The van der Waals surface area contributed by atoms with Gasteiger partial charge in [0.25, 0.3) is 10.0 Å². The second-order valence-corrected chi connectivity index (χ2v) is 11.8. The van der Waals surface area contributed by atoms with Gasteiger partial charge in [-0.3, -0.25) is 13.9 Å². The van der Waals surface area contributed by atoms with Crippen LogP contribution in [0.2, 0.25) is 15.1 Å². The lowest BCUT2D eigenvalue weighted by Gasteiger charge is -2.33. The number of benzene rings is 3. The molecule has 11 heteroatoms. The summed E-state index contributed by atoms with van der Waals surface area (Å²) < 4.78 is 28.5. The minimum absolute atomic E-state index is 0.00137. The molecule has 0 saturated carbocycles. The summed E-state index contributed by atoms with van der Waals surface area (Å²) in [5.74, 6) is -0.915. The van der Waals surface area contributed by atoms with Crippen molar-refractivity contribution in [3.05, 3.63) is 93.4 Å². The molecule has 0 aliphatic heterocycles. The molecule has 1 N–H and O–H groups in total. The summed E-state index contributed by atoms with van der Waals surface area (Å²) in [6.45, 7) is 3.58. The molecular weight excluding hydrogens is 581 g/mol. The second-order valence-electron chi connectivity index (χ2n) is 8.76. The number of sulfonamides is 1. The SMILES string of the molecule is CCCNC(=O)C(CC)N(Cc1ccc(Cl)c(Cl)c1)C(=O)CN(c1ccccc1Cl)S(=O)(=O)c1ccccc1. The fourth-order valence-corrected chi connectivity index (χ4v) is 6.07. The van der Waals surface area contributed by atoms with Crippen LogP contribution in [0.1, 0.15) is 32.3 Å². The Morgan fingerprint density at radius 1 is 0.872 bits per heavy atom. The van der Waals surface area contributed by atoms with E-state index < -0.39 is 28.5 Å².